The van der Waals surface area contributed by atoms with Gasteiger partial charge >= 0.3 is 5.97 Å². The van der Waals surface area contributed by atoms with E-state index in [4.69, 9.17) is 4.74 Å². The van der Waals surface area contributed by atoms with Gasteiger partial charge in [-0.3, -0.25) is 9.59 Å². The van der Waals surface area contributed by atoms with Crippen molar-refractivity contribution in [2.45, 2.75) is 392 Å². The van der Waals surface area contributed by atoms with Gasteiger partial charge in [0.05, 0.1) is 25.4 Å². The second-order valence-corrected chi connectivity index (χ2v) is 23.5. The maximum absolute atomic E-state index is 12.5. The Morgan fingerprint density at radius 3 is 0.947 bits per heavy atom. The molecule has 75 heavy (non-hydrogen) atoms. The molecule has 0 rings (SSSR count). The second-order valence-electron chi connectivity index (χ2n) is 23.5. The predicted molar refractivity (Wildman–Crippen MR) is 329 cm³/mol. The van der Waals surface area contributed by atoms with Crippen LogP contribution in [0.5, 0.6) is 0 Å². The van der Waals surface area contributed by atoms with E-state index in [-0.39, 0.29) is 18.5 Å². The monoisotopic (exact) mass is 1060 g/mol. The van der Waals surface area contributed by atoms with Gasteiger partial charge in [-0.05, 0) is 77.0 Å². The Labute approximate surface area is 469 Å². The number of esters is 1. The molecule has 0 saturated heterocycles. The molecule has 3 N–H and O–H groups in total. The van der Waals surface area contributed by atoms with Gasteiger partial charge in [0.15, 0.2) is 0 Å². The van der Waals surface area contributed by atoms with Crippen molar-refractivity contribution in [3.8, 4) is 0 Å². The van der Waals surface area contributed by atoms with E-state index in [0.717, 1.165) is 44.9 Å². The summed E-state index contributed by atoms with van der Waals surface area (Å²) in [4.78, 5) is 24.6. The Morgan fingerprint density at radius 2 is 0.627 bits per heavy atom. The van der Waals surface area contributed by atoms with Crippen LogP contribution in [0.25, 0.3) is 0 Å². The van der Waals surface area contributed by atoms with Crippen LogP contribution in [0, 0.1) is 0 Å². The predicted octanol–water partition coefficient (Wildman–Crippen LogP) is 21.8. The van der Waals surface area contributed by atoms with Crippen molar-refractivity contribution in [1.82, 2.24) is 5.32 Å². The highest BCUT2D eigenvalue weighted by molar-refractivity contribution is 5.76. The summed E-state index contributed by atoms with van der Waals surface area (Å²) in [5.74, 6) is -0.0310. The highest BCUT2D eigenvalue weighted by Gasteiger charge is 2.20. The van der Waals surface area contributed by atoms with Crippen LogP contribution < -0.4 is 5.32 Å². The maximum atomic E-state index is 12.5. The van der Waals surface area contributed by atoms with Crippen molar-refractivity contribution < 1.29 is 24.5 Å². The van der Waals surface area contributed by atoms with Gasteiger partial charge in [-0.1, -0.05) is 314 Å². The molecular formula is C69H133NO5. The molecule has 2 unspecified atom stereocenters. The first kappa shape index (κ1) is 73.3. The van der Waals surface area contributed by atoms with E-state index in [1.807, 2.05) is 0 Å². The summed E-state index contributed by atoms with van der Waals surface area (Å²) in [5.41, 5.74) is 0. The number of nitrogens with one attached hydrogen (secondary N) is 1. The zero-order valence-corrected chi connectivity index (χ0v) is 50.8. The van der Waals surface area contributed by atoms with E-state index in [0.29, 0.717) is 25.9 Å². The van der Waals surface area contributed by atoms with Crippen LogP contribution in [0.3, 0.4) is 0 Å². The number of carbonyl (C=O) groups is 2. The number of aliphatic hydroxyl groups excluding tert-OH is 2. The standard InChI is InChI=1S/C69H133NO5/c1-3-5-7-9-11-13-15-17-19-21-26-30-33-37-41-45-49-53-57-61-67(72)66(65-71)70-68(73)62-58-54-50-46-42-38-34-31-27-24-22-23-25-28-32-36-40-44-48-52-56-60-64-75-69(74)63-59-55-51-47-43-39-35-29-20-18-16-14-12-10-8-6-4-2/h18,20,24,27,66-67,71-72H,3-17,19,21-23,25-26,28-65H2,1-2H3,(H,70,73)/b20-18-,27-24-. The third-order valence-electron chi connectivity index (χ3n) is 16.0. The number of aliphatic hydroxyl groups is 2. The fourth-order valence-electron chi connectivity index (χ4n) is 10.7. The lowest BCUT2D eigenvalue weighted by Gasteiger charge is -2.22. The topological polar surface area (TPSA) is 95.9 Å². The maximum Gasteiger partial charge on any atom is 0.305 e. The first-order valence-corrected chi connectivity index (χ1v) is 34.1. The summed E-state index contributed by atoms with van der Waals surface area (Å²) in [7, 11) is 0. The lowest BCUT2D eigenvalue weighted by Crippen LogP contribution is -2.45. The van der Waals surface area contributed by atoms with E-state index in [9.17, 15) is 19.8 Å². The minimum Gasteiger partial charge on any atom is -0.466 e. The van der Waals surface area contributed by atoms with Gasteiger partial charge in [-0.15, -0.1) is 0 Å². The molecule has 6 heteroatoms. The molecule has 0 bridgehead atoms. The number of carbonyl (C=O) groups excluding carboxylic acids is 2. The highest BCUT2D eigenvalue weighted by atomic mass is 16.5. The first-order chi connectivity index (χ1) is 37.0. The Bertz CT molecular complexity index is 1170. The molecule has 0 spiro atoms. The van der Waals surface area contributed by atoms with Crippen LogP contribution in [0.2, 0.25) is 0 Å². The van der Waals surface area contributed by atoms with Gasteiger partial charge in [-0.2, -0.15) is 0 Å². The molecule has 0 fully saturated rings. The number of hydrogen-bond donors (Lipinski definition) is 3. The number of unbranched alkanes of at least 4 members (excludes halogenated alkanes) is 49. The first-order valence-electron chi connectivity index (χ1n) is 34.1. The number of allylic oxidation sites excluding steroid dienone is 4. The average molecular weight is 1060 g/mol. The van der Waals surface area contributed by atoms with Crippen molar-refractivity contribution in [3.63, 3.8) is 0 Å². The van der Waals surface area contributed by atoms with Gasteiger partial charge in [0, 0.05) is 12.8 Å². The van der Waals surface area contributed by atoms with Gasteiger partial charge in [0.2, 0.25) is 5.91 Å². The van der Waals surface area contributed by atoms with Crippen molar-refractivity contribution in [3.05, 3.63) is 24.3 Å². The quantitative estimate of drug-likeness (QED) is 0.0320. The SMILES string of the molecule is CCCCCCCC/C=C\CCCCCCCCCC(=O)OCCCCCCCCCCCCC/C=C\CCCCCCCCCC(=O)NC(CO)C(O)CCCCCCCCCCCCCCCCCCCCC. The van der Waals surface area contributed by atoms with Crippen molar-refractivity contribution >= 4 is 11.9 Å². The highest BCUT2D eigenvalue weighted by Crippen LogP contribution is 2.18. The van der Waals surface area contributed by atoms with E-state index >= 15 is 0 Å². The molecule has 2 atom stereocenters. The normalized spacial score (nSPS) is 12.6. The van der Waals surface area contributed by atoms with Crippen LogP contribution >= 0.6 is 0 Å². The largest absolute Gasteiger partial charge is 0.466 e. The molecule has 0 aliphatic rings. The van der Waals surface area contributed by atoms with Gasteiger partial charge < -0.3 is 20.3 Å². The fraction of sp³-hybridized carbons (Fsp3) is 0.913. The Morgan fingerprint density at radius 1 is 0.360 bits per heavy atom. The minimum atomic E-state index is -0.669. The number of amides is 1. The van der Waals surface area contributed by atoms with Gasteiger partial charge in [0.1, 0.15) is 0 Å². The molecular weight excluding hydrogens is 923 g/mol. The van der Waals surface area contributed by atoms with E-state index in [1.54, 1.807) is 0 Å². The molecule has 0 radical (unpaired) electrons. The molecule has 0 aromatic rings. The second kappa shape index (κ2) is 64.9. The summed E-state index contributed by atoms with van der Waals surface area (Å²) in [5, 5.41) is 23.4. The molecule has 6 nitrogen and oxygen atoms in total. The van der Waals surface area contributed by atoms with Crippen LogP contribution in [0.1, 0.15) is 380 Å². The van der Waals surface area contributed by atoms with Crippen LogP contribution in [0.4, 0.5) is 0 Å². The molecule has 0 heterocycles. The molecule has 0 saturated carbocycles. The fourth-order valence-corrected chi connectivity index (χ4v) is 10.7. The molecule has 444 valence electrons. The third kappa shape index (κ3) is 61.4. The summed E-state index contributed by atoms with van der Waals surface area (Å²) < 4.78 is 5.50. The third-order valence-corrected chi connectivity index (χ3v) is 16.0. The van der Waals surface area contributed by atoms with Crippen LogP contribution in [0.15, 0.2) is 24.3 Å². The zero-order valence-electron chi connectivity index (χ0n) is 50.8. The molecule has 0 aromatic heterocycles. The van der Waals surface area contributed by atoms with E-state index in [2.05, 4.69) is 43.5 Å². The average Bonchev–Trinajstić information content (AvgIpc) is 3.41. The van der Waals surface area contributed by atoms with Crippen molar-refractivity contribution in [2.75, 3.05) is 13.2 Å². The lowest BCUT2D eigenvalue weighted by atomic mass is 10.0. The summed E-state index contributed by atoms with van der Waals surface area (Å²) in [6, 6.07) is -0.547. The van der Waals surface area contributed by atoms with Crippen LogP contribution in [-0.4, -0.2) is 47.4 Å². The molecule has 0 aliphatic carbocycles. The van der Waals surface area contributed by atoms with E-state index in [1.165, 1.54) is 302 Å². The molecule has 0 aromatic carbocycles. The van der Waals surface area contributed by atoms with Crippen LogP contribution in [-0.2, 0) is 14.3 Å². The van der Waals surface area contributed by atoms with Crippen molar-refractivity contribution in [1.29, 1.82) is 0 Å². The Hall–Kier alpha value is -1.66. The summed E-state index contributed by atoms with van der Waals surface area (Å²) in [6.45, 7) is 4.97. The Kier molecular flexibility index (Phi) is 63.4. The number of hydrogen-bond acceptors (Lipinski definition) is 5. The van der Waals surface area contributed by atoms with E-state index < -0.39 is 12.1 Å². The van der Waals surface area contributed by atoms with Crippen molar-refractivity contribution in [2.24, 2.45) is 0 Å². The van der Waals surface area contributed by atoms with Gasteiger partial charge in [0.25, 0.3) is 0 Å². The van der Waals surface area contributed by atoms with Gasteiger partial charge in [-0.25, -0.2) is 0 Å². The zero-order chi connectivity index (χ0) is 54.3. The smallest absolute Gasteiger partial charge is 0.305 e. The summed E-state index contributed by atoms with van der Waals surface area (Å²) >= 11 is 0. The molecule has 1 amide bonds. The lowest BCUT2D eigenvalue weighted by molar-refractivity contribution is -0.143. The molecule has 0 aliphatic heterocycles. The minimum absolute atomic E-state index is 0.00746. The Balaban J connectivity index is 3.41. The number of ether oxygens (including phenoxy) is 1. The number of rotatable bonds is 64. The summed E-state index contributed by atoms with van der Waals surface area (Å²) in [6.07, 6.45) is 80.6.